The number of methoxy groups -OCH3 is 1. The maximum atomic E-state index is 11.8. The van der Waals surface area contributed by atoms with Gasteiger partial charge >= 0.3 is 5.97 Å². The van der Waals surface area contributed by atoms with Crippen molar-refractivity contribution in [1.29, 1.82) is 0 Å². The van der Waals surface area contributed by atoms with E-state index >= 15 is 0 Å². The number of benzene rings is 1. The van der Waals surface area contributed by atoms with Crippen LogP contribution < -0.4 is 15.2 Å². The van der Waals surface area contributed by atoms with Crippen LogP contribution in [0.25, 0.3) is 0 Å². The third kappa shape index (κ3) is 4.42. The van der Waals surface area contributed by atoms with Crippen LogP contribution in [-0.2, 0) is 16.0 Å². The average molecular weight is 281 g/mol. The second kappa shape index (κ2) is 8.43. The smallest absolute Gasteiger partial charge is 0.347 e. The van der Waals surface area contributed by atoms with Crippen LogP contribution in [0.15, 0.2) is 18.2 Å². The molecular weight excluding hydrogens is 258 g/mol. The number of nitrogens with two attached hydrogens (primary N) is 1. The van der Waals surface area contributed by atoms with E-state index in [9.17, 15) is 4.79 Å². The number of esters is 1. The lowest BCUT2D eigenvalue weighted by Crippen LogP contribution is -2.28. The minimum absolute atomic E-state index is 0.336. The van der Waals surface area contributed by atoms with E-state index in [1.807, 2.05) is 25.1 Å². The SMILES string of the molecule is CCOC(=O)C(CC)Oc1cc(CCN)ccc1OC. The van der Waals surface area contributed by atoms with Gasteiger partial charge in [0.2, 0.25) is 0 Å². The van der Waals surface area contributed by atoms with Crippen molar-refractivity contribution in [3.05, 3.63) is 23.8 Å². The highest BCUT2D eigenvalue weighted by atomic mass is 16.6. The van der Waals surface area contributed by atoms with E-state index in [1.165, 1.54) is 0 Å². The van der Waals surface area contributed by atoms with Gasteiger partial charge in [-0.25, -0.2) is 4.79 Å². The standard InChI is InChI=1S/C15H23NO4/c1-4-12(15(17)19-5-2)20-14-10-11(8-9-16)6-7-13(14)18-3/h6-7,10,12H,4-5,8-9,16H2,1-3H3. The number of hydrogen-bond donors (Lipinski definition) is 1. The molecule has 5 heteroatoms. The van der Waals surface area contributed by atoms with Gasteiger partial charge in [-0.2, -0.15) is 0 Å². The van der Waals surface area contributed by atoms with Gasteiger partial charge in [-0.3, -0.25) is 0 Å². The van der Waals surface area contributed by atoms with Gasteiger partial charge in [0.25, 0.3) is 0 Å². The van der Waals surface area contributed by atoms with Gasteiger partial charge in [-0.1, -0.05) is 13.0 Å². The van der Waals surface area contributed by atoms with Crippen LogP contribution in [0.1, 0.15) is 25.8 Å². The Bertz CT molecular complexity index is 434. The first-order valence-electron chi connectivity index (χ1n) is 6.86. The second-order valence-corrected chi connectivity index (χ2v) is 4.29. The molecule has 0 radical (unpaired) electrons. The summed E-state index contributed by atoms with van der Waals surface area (Å²) in [5.74, 6) is 0.771. The van der Waals surface area contributed by atoms with Crippen LogP contribution in [0.4, 0.5) is 0 Å². The van der Waals surface area contributed by atoms with Crippen molar-refractivity contribution in [3.8, 4) is 11.5 Å². The summed E-state index contributed by atoms with van der Waals surface area (Å²) in [6, 6.07) is 5.61. The Balaban J connectivity index is 2.91. The molecule has 1 atom stereocenters. The Hall–Kier alpha value is -1.75. The van der Waals surface area contributed by atoms with Crippen LogP contribution in [0.5, 0.6) is 11.5 Å². The zero-order chi connectivity index (χ0) is 15.0. The van der Waals surface area contributed by atoms with Crippen LogP contribution >= 0.6 is 0 Å². The Morgan fingerprint density at radius 3 is 2.60 bits per heavy atom. The van der Waals surface area contributed by atoms with Crippen LogP contribution in [0.2, 0.25) is 0 Å². The molecule has 1 rings (SSSR count). The van der Waals surface area contributed by atoms with Gasteiger partial charge < -0.3 is 19.9 Å². The third-order valence-corrected chi connectivity index (χ3v) is 2.85. The van der Waals surface area contributed by atoms with Gasteiger partial charge in [0, 0.05) is 0 Å². The van der Waals surface area contributed by atoms with E-state index in [1.54, 1.807) is 14.0 Å². The minimum atomic E-state index is -0.628. The van der Waals surface area contributed by atoms with Crippen molar-refractivity contribution >= 4 is 5.97 Å². The molecule has 0 amide bonds. The molecule has 112 valence electrons. The summed E-state index contributed by atoms with van der Waals surface area (Å²) in [6.07, 6.45) is 0.650. The summed E-state index contributed by atoms with van der Waals surface area (Å²) in [4.78, 5) is 11.8. The molecule has 0 saturated heterocycles. The Morgan fingerprint density at radius 1 is 1.30 bits per heavy atom. The molecule has 0 spiro atoms. The number of ether oxygens (including phenoxy) is 3. The maximum Gasteiger partial charge on any atom is 0.347 e. The van der Waals surface area contributed by atoms with Crippen molar-refractivity contribution in [1.82, 2.24) is 0 Å². The summed E-state index contributed by atoms with van der Waals surface area (Å²) < 4.78 is 16.0. The van der Waals surface area contributed by atoms with Crippen LogP contribution in [0.3, 0.4) is 0 Å². The maximum absolute atomic E-state index is 11.8. The minimum Gasteiger partial charge on any atom is -0.493 e. The monoisotopic (exact) mass is 281 g/mol. The first-order chi connectivity index (χ1) is 9.65. The molecule has 0 aliphatic heterocycles. The molecule has 1 aromatic rings. The molecule has 0 heterocycles. The first kappa shape index (κ1) is 16.3. The van der Waals surface area contributed by atoms with Crippen molar-refractivity contribution in [2.75, 3.05) is 20.3 Å². The fraction of sp³-hybridized carbons (Fsp3) is 0.533. The fourth-order valence-electron chi connectivity index (χ4n) is 1.82. The van der Waals surface area contributed by atoms with Crippen LogP contribution in [-0.4, -0.2) is 32.3 Å². The lowest BCUT2D eigenvalue weighted by molar-refractivity contribution is -0.151. The molecule has 2 N–H and O–H groups in total. The summed E-state index contributed by atoms with van der Waals surface area (Å²) in [6.45, 7) is 4.54. The van der Waals surface area contributed by atoms with E-state index in [4.69, 9.17) is 19.9 Å². The number of rotatable bonds is 8. The number of carbonyl (C=O) groups excluding carboxylic acids is 1. The first-order valence-corrected chi connectivity index (χ1v) is 6.86. The molecule has 1 unspecified atom stereocenters. The van der Waals surface area contributed by atoms with Crippen LogP contribution in [0, 0.1) is 0 Å². The lowest BCUT2D eigenvalue weighted by atomic mass is 10.1. The number of hydrogen-bond acceptors (Lipinski definition) is 5. The van der Waals surface area contributed by atoms with E-state index in [0.29, 0.717) is 31.1 Å². The summed E-state index contributed by atoms with van der Waals surface area (Å²) in [5, 5.41) is 0. The summed E-state index contributed by atoms with van der Waals surface area (Å²) in [7, 11) is 1.57. The largest absolute Gasteiger partial charge is 0.493 e. The fourth-order valence-corrected chi connectivity index (χ4v) is 1.82. The van der Waals surface area contributed by atoms with E-state index in [0.717, 1.165) is 12.0 Å². The van der Waals surface area contributed by atoms with Crippen molar-refractivity contribution < 1.29 is 19.0 Å². The van der Waals surface area contributed by atoms with Crippen molar-refractivity contribution in [2.45, 2.75) is 32.8 Å². The van der Waals surface area contributed by atoms with Gasteiger partial charge in [-0.15, -0.1) is 0 Å². The van der Waals surface area contributed by atoms with E-state index in [-0.39, 0.29) is 5.97 Å². The highest BCUT2D eigenvalue weighted by Gasteiger charge is 2.21. The Labute approximate surface area is 120 Å². The summed E-state index contributed by atoms with van der Waals surface area (Å²) in [5.41, 5.74) is 6.59. The third-order valence-electron chi connectivity index (χ3n) is 2.85. The van der Waals surface area contributed by atoms with Crippen molar-refractivity contribution in [3.63, 3.8) is 0 Å². The predicted molar refractivity (Wildman–Crippen MR) is 77.1 cm³/mol. The molecule has 1 aromatic carbocycles. The molecule has 5 nitrogen and oxygen atoms in total. The zero-order valence-corrected chi connectivity index (χ0v) is 12.3. The molecule has 0 aliphatic carbocycles. The molecule has 0 bridgehead atoms. The Kier molecular flexibility index (Phi) is 6.87. The highest BCUT2D eigenvalue weighted by molar-refractivity contribution is 5.75. The van der Waals surface area contributed by atoms with Crippen molar-refractivity contribution in [2.24, 2.45) is 5.73 Å². The average Bonchev–Trinajstić information content (AvgIpc) is 2.45. The normalized spacial score (nSPS) is 11.8. The Morgan fingerprint density at radius 2 is 2.05 bits per heavy atom. The van der Waals surface area contributed by atoms with Gasteiger partial charge in [0.05, 0.1) is 13.7 Å². The van der Waals surface area contributed by atoms with E-state index < -0.39 is 6.10 Å². The van der Waals surface area contributed by atoms with E-state index in [2.05, 4.69) is 0 Å². The quantitative estimate of drug-likeness (QED) is 0.737. The topological polar surface area (TPSA) is 70.8 Å². The van der Waals surface area contributed by atoms with Gasteiger partial charge in [0.15, 0.2) is 17.6 Å². The number of carbonyl (C=O) groups is 1. The second-order valence-electron chi connectivity index (χ2n) is 4.29. The highest BCUT2D eigenvalue weighted by Crippen LogP contribution is 2.29. The van der Waals surface area contributed by atoms with Gasteiger partial charge in [-0.05, 0) is 44.0 Å². The molecule has 0 fully saturated rings. The molecule has 0 aromatic heterocycles. The van der Waals surface area contributed by atoms with Gasteiger partial charge in [0.1, 0.15) is 0 Å². The molecule has 0 saturated carbocycles. The molecule has 20 heavy (non-hydrogen) atoms. The summed E-state index contributed by atoms with van der Waals surface area (Å²) >= 11 is 0. The predicted octanol–water partition coefficient (Wildman–Crippen LogP) is 1.92. The lowest BCUT2D eigenvalue weighted by Gasteiger charge is -2.18. The molecular formula is C15H23NO4. The zero-order valence-electron chi connectivity index (χ0n) is 12.3. The molecule has 0 aliphatic rings.